The molecule has 0 spiro atoms. The molecule has 0 radical (unpaired) electrons. The van der Waals surface area contributed by atoms with Crippen LogP contribution in [0.3, 0.4) is 0 Å². The fourth-order valence-corrected chi connectivity index (χ4v) is 3.36. The molecule has 1 nitrogen and oxygen atoms in total. The summed E-state index contributed by atoms with van der Waals surface area (Å²) in [5.41, 5.74) is 4.96. The zero-order valence-electron chi connectivity index (χ0n) is 13.5. The molecular weight excluding hydrogens is 290 g/mol. The molecule has 0 saturated carbocycles. The summed E-state index contributed by atoms with van der Waals surface area (Å²) < 4.78 is 2.27. The molecule has 1 atom stereocenters. The molecule has 1 heteroatoms. The lowest BCUT2D eigenvalue weighted by Crippen LogP contribution is -1.96. The van der Waals surface area contributed by atoms with E-state index < -0.39 is 0 Å². The van der Waals surface area contributed by atoms with Gasteiger partial charge in [-0.1, -0.05) is 72.8 Å². The van der Waals surface area contributed by atoms with Gasteiger partial charge in [-0.2, -0.15) is 0 Å². The minimum absolute atomic E-state index is 0.182. The van der Waals surface area contributed by atoms with Crippen LogP contribution in [-0.2, 0) is 0 Å². The second-order valence-corrected chi connectivity index (χ2v) is 5.93. The average molecular weight is 309 g/mol. The van der Waals surface area contributed by atoms with Gasteiger partial charge in [0.05, 0.1) is 5.52 Å². The topological polar surface area (TPSA) is 4.93 Å². The van der Waals surface area contributed by atoms with Crippen LogP contribution in [0.5, 0.6) is 0 Å². The summed E-state index contributed by atoms with van der Waals surface area (Å²) in [7, 11) is 0. The summed E-state index contributed by atoms with van der Waals surface area (Å²) in [4.78, 5) is 0. The summed E-state index contributed by atoms with van der Waals surface area (Å²) in [6.45, 7) is 4.09. The summed E-state index contributed by atoms with van der Waals surface area (Å²) in [6, 6.07) is 29.6. The number of hydrogen-bond donors (Lipinski definition) is 0. The minimum Gasteiger partial charge on any atom is -0.316 e. The van der Waals surface area contributed by atoms with Crippen molar-refractivity contribution in [1.29, 1.82) is 0 Å². The van der Waals surface area contributed by atoms with Gasteiger partial charge in [-0.15, -0.1) is 6.58 Å². The highest BCUT2D eigenvalue weighted by Crippen LogP contribution is 2.34. The zero-order chi connectivity index (χ0) is 16.4. The first-order valence-electron chi connectivity index (χ1n) is 8.21. The van der Waals surface area contributed by atoms with Crippen molar-refractivity contribution in [3.05, 3.63) is 115 Å². The molecule has 0 unspecified atom stereocenters. The van der Waals surface area contributed by atoms with Crippen molar-refractivity contribution in [1.82, 2.24) is 4.57 Å². The number of nitrogens with zero attached hydrogens (tertiary/aromatic N) is 1. The maximum Gasteiger partial charge on any atom is 0.0531 e. The molecule has 0 aliphatic heterocycles. The second-order valence-electron chi connectivity index (χ2n) is 5.93. The van der Waals surface area contributed by atoms with Gasteiger partial charge in [-0.05, 0) is 29.3 Å². The van der Waals surface area contributed by atoms with Crippen LogP contribution in [0.2, 0.25) is 0 Å². The molecule has 0 bridgehead atoms. The molecule has 24 heavy (non-hydrogen) atoms. The van der Waals surface area contributed by atoms with E-state index in [2.05, 4.69) is 96.2 Å². The maximum absolute atomic E-state index is 4.09. The molecule has 0 fully saturated rings. The van der Waals surface area contributed by atoms with Gasteiger partial charge < -0.3 is 4.57 Å². The van der Waals surface area contributed by atoms with Gasteiger partial charge in [-0.3, -0.25) is 0 Å². The first-order chi connectivity index (χ1) is 11.9. The van der Waals surface area contributed by atoms with Gasteiger partial charge >= 0.3 is 0 Å². The number of rotatable bonds is 4. The molecule has 3 aromatic carbocycles. The van der Waals surface area contributed by atoms with Gasteiger partial charge in [0.15, 0.2) is 0 Å². The Labute approximate surface area is 142 Å². The molecule has 0 aliphatic carbocycles. The van der Waals surface area contributed by atoms with Crippen LogP contribution < -0.4 is 0 Å². The van der Waals surface area contributed by atoms with Crippen molar-refractivity contribution in [2.45, 2.75) is 5.92 Å². The number of para-hydroxylation sites is 2. The highest BCUT2D eigenvalue weighted by atomic mass is 15.0. The Bertz CT molecular complexity index is 965. The molecule has 0 saturated heterocycles. The lowest BCUT2D eigenvalue weighted by atomic mass is 9.91. The predicted molar refractivity (Wildman–Crippen MR) is 102 cm³/mol. The second kappa shape index (κ2) is 6.21. The van der Waals surface area contributed by atoms with E-state index in [-0.39, 0.29) is 5.92 Å². The van der Waals surface area contributed by atoms with Crippen LogP contribution in [0, 0.1) is 0 Å². The quantitative estimate of drug-likeness (QED) is 0.411. The van der Waals surface area contributed by atoms with Crippen LogP contribution >= 0.6 is 0 Å². The third-order valence-electron chi connectivity index (χ3n) is 4.51. The van der Waals surface area contributed by atoms with Crippen LogP contribution in [0.25, 0.3) is 16.6 Å². The van der Waals surface area contributed by atoms with E-state index in [9.17, 15) is 0 Å². The van der Waals surface area contributed by atoms with Crippen molar-refractivity contribution >= 4 is 10.9 Å². The summed E-state index contributed by atoms with van der Waals surface area (Å²) in [5.74, 6) is 0.182. The van der Waals surface area contributed by atoms with Gasteiger partial charge in [0.25, 0.3) is 0 Å². The molecule has 1 heterocycles. The van der Waals surface area contributed by atoms with Crippen molar-refractivity contribution in [2.24, 2.45) is 0 Å². The van der Waals surface area contributed by atoms with Gasteiger partial charge in [-0.25, -0.2) is 0 Å². The Hall–Kier alpha value is -3.06. The Morgan fingerprint density at radius 2 is 1.38 bits per heavy atom. The van der Waals surface area contributed by atoms with Crippen molar-refractivity contribution in [2.75, 3.05) is 0 Å². The van der Waals surface area contributed by atoms with E-state index >= 15 is 0 Å². The number of benzene rings is 3. The Balaban J connectivity index is 1.95. The third-order valence-corrected chi connectivity index (χ3v) is 4.51. The lowest BCUT2D eigenvalue weighted by molar-refractivity contribution is 1.02. The predicted octanol–water partition coefficient (Wildman–Crippen LogP) is 5.95. The molecule has 0 amide bonds. The monoisotopic (exact) mass is 309 g/mol. The molecule has 0 N–H and O–H groups in total. The van der Waals surface area contributed by atoms with E-state index in [4.69, 9.17) is 0 Å². The number of allylic oxidation sites excluding steroid dienone is 1. The lowest BCUT2D eigenvalue weighted by Gasteiger charge is -2.12. The minimum atomic E-state index is 0.182. The van der Waals surface area contributed by atoms with Crippen LogP contribution in [0.15, 0.2) is 104 Å². The maximum atomic E-state index is 4.09. The van der Waals surface area contributed by atoms with Gasteiger partial charge in [0.2, 0.25) is 0 Å². The van der Waals surface area contributed by atoms with E-state index in [1.165, 1.54) is 27.7 Å². The average Bonchev–Trinajstić information content (AvgIpc) is 3.04. The third kappa shape index (κ3) is 2.44. The fourth-order valence-electron chi connectivity index (χ4n) is 3.36. The van der Waals surface area contributed by atoms with Gasteiger partial charge in [0.1, 0.15) is 0 Å². The van der Waals surface area contributed by atoms with E-state index in [1.54, 1.807) is 0 Å². The Morgan fingerprint density at radius 3 is 2.08 bits per heavy atom. The SMILES string of the molecule is C=C[C@H](c1ccccc1)c1cn(-c2ccccc2)c2ccccc12. The molecule has 116 valence electrons. The molecule has 0 aliphatic rings. The van der Waals surface area contributed by atoms with E-state index in [1.807, 2.05) is 12.1 Å². The fraction of sp³-hybridized carbons (Fsp3) is 0.0435. The van der Waals surface area contributed by atoms with E-state index in [0.29, 0.717) is 0 Å². The highest BCUT2D eigenvalue weighted by molar-refractivity contribution is 5.87. The zero-order valence-corrected chi connectivity index (χ0v) is 13.5. The van der Waals surface area contributed by atoms with Crippen LogP contribution in [-0.4, -0.2) is 4.57 Å². The summed E-state index contributed by atoms with van der Waals surface area (Å²) >= 11 is 0. The normalized spacial score (nSPS) is 12.2. The van der Waals surface area contributed by atoms with Crippen LogP contribution in [0.1, 0.15) is 17.0 Å². The standard InChI is InChI=1S/C23H19N/c1-2-20(18-11-5-3-6-12-18)22-17-24(19-13-7-4-8-14-19)23-16-10-9-15-21(22)23/h2-17,20H,1H2/t20-/m1/s1. The summed E-state index contributed by atoms with van der Waals surface area (Å²) in [6.07, 6.45) is 4.28. The Kier molecular flexibility index (Phi) is 3.76. The first-order valence-corrected chi connectivity index (χ1v) is 8.21. The summed E-state index contributed by atoms with van der Waals surface area (Å²) in [5, 5.41) is 1.27. The van der Waals surface area contributed by atoms with Gasteiger partial charge in [0, 0.05) is 23.2 Å². The molecule has 4 rings (SSSR count). The number of fused-ring (bicyclic) bond motifs is 1. The van der Waals surface area contributed by atoms with Crippen molar-refractivity contribution < 1.29 is 0 Å². The van der Waals surface area contributed by atoms with Crippen molar-refractivity contribution in [3.63, 3.8) is 0 Å². The number of aromatic nitrogens is 1. The first kappa shape index (κ1) is 14.5. The van der Waals surface area contributed by atoms with Crippen LogP contribution in [0.4, 0.5) is 0 Å². The van der Waals surface area contributed by atoms with Crippen molar-refractivity contribution in [3.8, 4) is 5.69 Å². The molecule has 1 aromatic heterocycles. The molecular formula is C23H19N. The largest absolute Gasteiger partial charge is 0.316 e. The van der Waals surface area contributed by atoms with E-state index in [0.717, 1.165) is 0 Å². The molecule has 4 aromatic rings. The number of hydrogen-bond acceptors (Lipinski definition) is 0. The highest BCUT2D eigenvalue weighted by Gasteiger charge is 2.17. The Morgan fingerprint density at radius 1 is 0.750 bits per heavy atom. The smallest absolute Gasteiger partial charge is 0.0531 e.